The third-order valence-electron chi connectivity index (χ3n) is 4.43. The summed E-state index contributed by atoms with van der Waals surface area (Å²) in [4.78, 5) is 18.7. The predicted octanol–water partition coefficient (Wildman–Crippen LogP) is 2.93. The fourth-order valence-corrected chi connectivity index (χ4v) is 3.08. The SMILES string of the molecule is COCCCNC(=O)N1CCCC1c1nc(-c2ccccc2C)no1. The number of urea groups is 1. The van der Waals surface area contributed by atoms with Crippen LogP contribution in [0.5, 0.6) is 0 Å². The molecule has 1 saturated heterocycles. The summed E-state index contributed by atoms with van der Waals surface area (Å²) in [5, 5.41) is 7.04. The summed E-state index contributed by atoms with van der Waals surface area (Å²) in [6.07, 6.45) is 2.55. The van der Waals surface area contributed by atoms with Crippen molar-refractivity contribution in [2.24, 2.45) is 0 Å². The second-order valence-electron chi connectivity index (χ2n) is 6.20. The molecule has 2 heterocycles. The number of carbonyl (C=O) groups excluding carboxylic acids is 1. The molecule has 134 valence electrons. The first-order valence-electron chi connectivity index (χ1n) is 8.63. The maximum absolute atomic E-state index is 12.4. The summed E-state index contributed by atoms with van der Waals surface area (Å²) >= 11 is 0. The van der Waals surface area contributed by atoms with E-state index in [1.807, 2.05) is 31.2 Å². The molecule has 0 saturated carbocycles. The van der Waals surface area contributed by atoms with Gasteiger partial charge in [0.15, 0.2) is 0 Å². The predicted molar refractivity (Wildman–Crippen MR) is 93.0 cm³/mol. The van der Waals surface area contributed by atoms with E-state index in [1.54, 1.807) is 12.0 Å². The lowest BCUT2D eigenvalue weighted by molar-refractivity contribution is 0.174. The minimum absolute atomic E-state index is 0.0887. The van der Waals surface area contributed by atoms with Gasteiger partial charge in [0.25, 0.3) is 0 Å². The van der Waals surface area contributed by atoms with Gasteiger partial charge in [-0.25, -0.2) is 4.79 Å². The third-order valence-corrected chi connectivity index (χ3v) is 4.43. The maximum Gasteiger partial charge on any atom is 0.318 e. The Bertz CT molecular complexity index is 716. The van der Waals surface area contributed by atoms with Crippen LogP contribution < -0.4 is 5.32 Å². The van der Waals surface area contributed by atoms with Crippen LogP contribution in [-0.4, -0.2) is 47.9 Å². The Morgan fingerprint density at radius 3 is 3.08 bits per heavy atom. The van der Waals surface area contributed by atoms with Gasteiger partial charge in [-0.2, -0.15) is 4.98 Å². The van der Waals surface area contributed by atoms with Crippen LogP contribution in [0.3, 0.4) is 0 Å². The van der Waals surface area contributed by atoms with Crippen LogP contribution in [-0.2, 0) is 4.74 Å². The Labute approximate surface area is 147 Å². The van der Waals surface area contributed by atoms with Crippen molar-refractivity contribution in [3.63, 3.8) is 0 Å². The molecular weight excluding hydrogens is 320 g/mol. The standard InChI is InChI=1S/C18H24N4O3/c1-13-7-3-4-8-14(13)16-20-17(25-21-16)15-9-5-11-22(15)18(23)19-10-6-12-24-2/h3-4,7-8,15H,5-6,9-12H2,1-2H3,(H,19,23). The topological polar surface area (TPSA) is 80.5 Å². The largest absolute Gasteiger partial charge is 0.385 e. The van der Waals surface area contributed by atoms with Crippen LogP contribution in [0.4, 0.5) is 4.79 Å². The van der Waals surface area contributed by atoms with Crippen molar-refractivity contribution in [2.75, 3.05) is 26.8 Å². The van der Waals surface area contributed by atoms with Gasteiger partial charge in [0.2, 0.25) is 11.7 Å². The second-order valence-corrected chi connectivity index (χ2v) is 6.20. The number of aromatic nitrogens is 2. The average molecular weight is 344 g/mol. The van der Waals surface area contributed by atoms with Crippen molar-refractivity contribution < 1.29 is 14.1 Å². The van der Waals surface area contributed by atoms with Gasteiger partial charge in [-0.1, -0.05) is 29.4 Å². The molecule has 1 aliphatic heterocycles. The number of rotatable bonds is 6. The van der Waals surface area contributed by atoms with E-state index in [0.717, 1.165) is 30.4 Å². The minimum Gasteiger partial charge on any atom is -0.385 e. The van der Waals surface area contributed by atoms with Gasteiger partial charge in [-0.05, 0) is 31.7 Å². The zero-order chi connectivity index (χ0) is 17.6. The number of nitrogens with one attached hydrogen (secondary N) is 1. The van der Waals surface area contributed by atoms with Crippen molar-refractivity contribution in [3.8, 4) is 11.4 Å². The van der Waals surface area contributed by atoms with E-state index in [2.05, 4.69) is 15.5 Å². The Kier molecular flexibility index (Phi) is 5.65. The molecule has 1 aromatic carbocycles. The minimum atomic E-state index is -0.160. The van der Waals surface area contributed by atoms with Crippen LogP contribution >= 0.6 is 0 Å². The van der Waals surface area contributed by atoms with Gasteiger partial charge in [0, 0.05) is 32.4 Å². The highest BCUT2D eigenvalue weighted by Crippen LogP contribution is 2.32. The molecule has 7 heteroatoms. The van der Waals surface area contributed by atoms with Gasteiger partial charge in [-0.15, -0.1) is 0 Å². The molecule has 1 atom stereocenters. The zero-order valence-electron chi connectivity index (χ0n) is 14.7. The maximum atomic E-state index is 12.4. The highest BCUT2D eigenvalue weighted by atomic mass is 16.5. The van der Waals surface area contributed by atoms with Crippen molar-refractivity contribution in [1.29, 1.82) is 0 Å². The first-order chi connectivity index (χ1) is 12.2. The van der Waals surface area contributed by atoms with E-state index in [9.17, 15) is 4.79 Å². The number of carbonyl (C=O) groups is 1. The number of hydrogen-bond acceptors (Lipinski definition) is 5. The molecule has 2 amide bonds. The normalized spacial score (nSPS) is 17.0. The third kappa shape index (κ3) is 3.99. The molecule has 0 radical (unpaired) electrons. The molecule has 0 aliphatic carbocycles. The summed E-state index contributed by atoms with van der Waals surface area (Å²) in [7, 11) is 1.65. The molecule has 2 aromatic rings. The Morgan fingerprint density at radius 2 is 2.28 bits per heavy atom. The molecule has 0 bridgehead atoms. The van der Waals surface area contributed by atoms with Crippen molar-refractivity contribution in [2.45, 2.75) is 32.2 Å². The number of ether oxygens (including phenoxy) is 1. The zero-order valence-corrected chi connectivity index (χ0v) is 14.7. The summed E-state index contributed by atoms with van der Waals surface area (Å²) in [6, 6.07) is 7.67. The summed E-state index contributed by atoms with van der Waals surface area (Å²) < 4.78 is 10.5. The van der Waals surface area contributed by atoms with E-state index in [1.165, 1.54) is 0 Å². The lowest BCUT2D eigenvalue weighted by Crippen LogP contribution is -2.40. The van der Waals surface area contributed by atoms with Crippen LogP contribution in [0.15, 0.2) is 28.8 Å². The molecule has 1 N–H and O–H groups in total. The van der Waals surface area contributed by atoms with Gasteiger partial charge < -0.3 is 19.5 Å². The van der Waals surface area contributed by atoms with Crippen molar-refractivity contribution in [1.82, 2.24) is 20.4 Å². The number of amides is 2. The first kappa shape index (κ1) is 17.4. The smallest absolute Gasteiger partial charge is 0.318 e. The van der Waals surface area contributed by atoms with Crippen molar-refractivity contribution in [3.05, 3.63) is 35.7 Å². The lowest BCUT2D eigenvalue weighted by Gasteiger charge is -2.22. The average Bonchev–Trinajstić information content (AvgIpc) is 3.27. The van der Waals surface area contributed by atoms with Crippen LogP contribution in [0, 0.1) is 6.92 Å². The molecule has 1 unspecified atom stereocenters. The summed E-state index contributed by atoms with van der Waals surface area (Å²) in [5.41, 5.74) is 2.04. The Morgan fingerprint density at radius 1 is 1.44 bits per heavy atom. The van der Waals surface area contributed by atoms with Gasteiger partial charge >= 0.3 is 6.03 Å². The molecule has 0 spiro atoms. The van der Waals surface area contributed by atoms with Crippen LogP contribution in [0.2, 0.25) is 0 Å². The molecule has 7 nitrogen and oxygen atoms in total. The highest BCUT2D eigenvalue weighted by molar-refractivity contribution is 5.75. The van der Waals surface area contributed by atoms with E-state index in [0.29, 0.717) is 31.4 Å². The van der Waals surface area contributed by atoms with Crippen molar-refractivity contribution >= 4 is 6.03 Å². The summed E-state index contributed by atoms with van der Waals surface area (Å²) in [5.74, 6) is 1.07. The molecule has 25 heavy (non-hydrogen) atoms. The monoisotopic (exact) mass is 344 g/mol. The van der Waals surface area contributed by atoms with E-state index >= 15 is 0 Å². The van der Waals surface area contributed by atoms with Crippen LogP contribution in [0.25, 0.3) is 11.4 Å². The molecule has 3 rings (SSSR count). The van der Waals surface area contributed by atoms with Gasteiger partial charge in [-0.3, -0.25) is 0 Å². The molecule has 1 aromatic heterocycles. The molecule has 1 fully saturated rings. The van der Waals surface area contributed by atoms with E-state index in [4.69, 9.17) is 9.26 Å². The summed E-state index contributed by atoms with van der Waals surface area (Å²) in [6.45, 7) is 3.94. The van der Waals surface area contributed by atoms with Gasteiger partial charge in [0.05, 0.1) is 0 Å². The fraction of sp³-hybridized carbons (Fsp3) is 0.500. The Balaban J connectivity index is 1.69. The number of aryl methyl sites for hydroxylation is 1. The Hall–Kier alpha value is -2.41. The lowest BCUT2D eigenvalue weighted by atomic mass is 10.1. The number of benzene rings is 1. The quantitative estimate of drug-likeness (QED) is 0.815. The first-order valence-corrected chi connectivity index (χ1v) is 8.63. The van der Waals surface area contributed by atoms with Gasteiger partial charge in [0.1, 0.15) is 6.04 Å². The number of hydrogen-bond donors (Lipinski definition) is 1. The van der Waals surface area contributed by atoms with Crippen LogP contribution in [0.1, 0.15) is 36.8 Å². The highest BCUT2D eigenvalue weighted by Gasteiger charge is 2.34. The molecule has 1 aliphatic rings. The number of nitrogens with zero attached hydrogens (tertiary/aromatic N) is 3. The molecular formula is C18H24N4O3. The number of methoxy groups -OCH3 is 1. The second kappa shape index (κ2) is 8.11. The van der Waals surface area contributed by atoms with E-state index in [-0.39, 0.29) is 12.1 Å². The van der Waals surface area contributed by atoms with E-state index < -0.39 is 0 Å². The fourth-order valence-electron chi connectivity index (χ4n) is 3.08. The number of likely N-dealkylation sites (tertiary alicyclic amines) is 1.